The number of carbonyl (C=O) groups is 1. The van der Waals surface area contributed by atoms with Crippen LogP contribution in [0.5, 0.6) is 5.75 Å². The summed E-state index contributed by atoms with van der Waals surface area (Å²) in [6.45, 7) is 9.91. The van der Waals surface area contributed by atoms with Gasteiger partial charge in [0.1, 0.15) is 11.3 Å². The van der Waals surface area contributed by atoms with Crippen molar-refractivity contribution in [2.24, 2.45) is 5.41 Å². The van der Waals surface area contributed by atoms with Gasteiger partial charge in [0.25, 0.3) is 0 Å². The van der Waals surface area contributed by atoms with Gasteiger partial charge in [-0.25, -0.2) is 4.98 Å². The summed E-state index contributed by atoms with van der Waals surface area (Å²) in [5, 5.41) is 1.05. The van der Waals surface area contributed by atoms with E-state index in [9.17, 15) is 4.79 Å². The summed E-state index contributed by atoms with van der Waals surface area (Å²) < 4.78 is 6.67. The highest BCUT2D eigenvalue weighted by Crippen LogP contribution is 2.37. The third-order valence-electron chi connectivity index (χ3n) is 5.16. The number of aromatic nitrogens is 1. The lowest BCUT2D eigenvalue weighted by Crippen LogP contribution is -2.48. The van der Waals surface area contributed by atoms with Crippen molar-refractivity contribution in [2.75, 3.05) is 32.1 Å². The van der Waals surface area contributed by atoms with Gasteiger partial charge >= 0.3 is 0 Å². The Kier molecular flexibility index (Phi) is 5.15. The molecule has 2 aromatic rings. The number of aryl methyl sites for hydroxylation is 1. The lowest BCUT2D eigenvalue weighted by molar-refractivity contribution is -0.140. The molecule has 0 bridgehead atoms. The molecule has 1 aliphatic rings. The molecule has 1 aliphatic heterocycles. The Morgan fingerprint density at radius 1 is 1.31 bits per heavy atom. The van der Waals surface area contributed by atoms with Crippen LogP contribution in [0, 0.1) is 12.3 Å². The first-order valence-electron chi connectivity index (χ1n) is 9.18. The number of amides is 1. The van der Waals surface area contributed by atoms with E-state index < -0.39 is 0 Å². The van der Waals surface area contributed by atoms with Crippen LogP contribution in [0.2, 0.25) is 0 Å². The molecule has 6 heteroatoms. The molecule has 26 heavy (non-hydrogen) atoms. The minimum atomic E-state index is -0.326. The van der Waals surface area contributed by atoms with E-state index in [2.05, 4.69) is 17.9 Å². The van der Waals surface area contributed by atoms with Gasteiger partial charge in [-0.15, -0.1) is 0 Å². The zero-order chi connectivity index (χ0) is 19.1. The number of piperidine rings is 1. The average Bonchev–Trinajstić information content (AvgIpc) is 3.06. The first-order chi connectivity index (χ1) is 12.2. The number of nitrogens with zero attached hydrogens (tertiary/aromatic N) is 3. The molecule has 0 unspecified atom stereocenters. The van der Waals surface area contributed by atoms with Gasteiger partial charge < -0.3 is 14.5 Å². The van der Waals surface area contributed by atoms with Crippen molar-refractivity contribution in [1.29, 1.82) is 0 Å². The van der Waals surface area contributed by atoms with E-state index in [-0.39, 0.29) is 11.3 Å². The van der Waals surface area contributed by atoms with Crippen LogP contribution in [-0.4, -0.2) is 49.1 Å². The van der Waals surface area contributed by atoms with Crippen molar-refractivity contribution >= 4 is 32.6 Å². The summed E-state index contributed by atoms with van der Waals surface area (Å²) in [4.78, 5) is 21.7. The van der Waals surface area contributed by atoms with Gasteiger partial charge in [0.2, 0.25) is 5.91 Å². The van der Waals surface area contributed by atoms with Gasteiger partial charge in [0.05, 0.1) is 11.8 Å². The number of rotatable bonds is 3. The number of ether oxygens (including phenoxy) is 1. The molecule has 0 saturated carbocycles. The fourth-order valence-electron chi connectivity index (χ4n) is 3.54. The molecule has 0 atom stereocenters. The Morgan fingerprint density at radius 2 is 1.96 bits per heavy atom. The molecular formula is C20H29N3O2S. The van der Waals surface area contributed by atoms with Crippen LogP contribution in [0.1, 0.15) is 39.2 Å². The summed E-state index contributed by atoms with van der Waals surface area (Å²) in [6.07, 6.45) is 1.95. The highest BCUT2D eigenvalue weighted by molar-refractivity contribution is 7.22. The zero-order valence-electron chi connectivity index (χ0n) is 16.6. The zero-order valence-corrected chi connectivity index (χ0v) is 17.4. The number of hydrogen-bond acceptors (Lipinski definition) is 5. The second-order valence-electron chi connectivity index (χ2n) is 8.14. The van der Waals surface area contributed by atoms with Crippen LogP contribution in [0.4, 0.5) is 5.13 Å². The van der Waals surface area contributed by atoms with Gasteiger partial charge in [0, 0.05) is 31.6 Å². The molecular weight excluding hydrogens is 346 g/mol. The van der Waals surface area contributed by atoms with Crippen molar-refractivity contribution in [3.05, 3.63) is 17.7 Å². The van der Waals surface area contributed by atoms with Crippen molar-refractivity contribution in [1.82, 2.24) is 9.88 Å². The lowest BCUT2D eigenvalue weighted by Gasteiger charge is -2.38. The Hall–Kier alpha value is -1.82. The molecule has 0 N–H and O–H groups in total. The van der Waals surface area contributed by atoms with Crippen molar-refractivity contribution in [3.8, 4) is 5.75 Å². The first-order valence-corrected chi connectivity index (χ1v) is 10.0. The van der Waals surface area contributed by atoms with Gasteiger partial charge in [-0.2, -0.15) is 0 Å². The number of benzene rings is 1. The van der Waals surface area contributed by atoms with Crippen LogP contribution < -0.4 is 9.64 Å². The number of hydrogen-bond donors (Lipinski definition) is 0. The number of thiazole rings is 1. The SMILES string of the molecule is COc1ccc(C)c2sc(N3CCC(N(C)C(=O)C(C)(C)C)CC3)nc12. The summed E-state index contributed by atoms with van der Waals surface area (Å²) in [5.41, 5.74) is 1.86. The second kappa shape index (κ2) is 7.06. The molecule has 0 aliphatic carbocycles. The highest BCUT2D eigenvalue weighted by Gasteiger charge is 2.32. The van der Waals surface area contributed by atoms with E-state index in [0.29, 0.717) is 6.04 Å². The highest BCUT2D eigenvalue weighted by atomic mass is 32.1. The molecule has 1 saturated heterocycles. The Morgan fingerprint density at radius 3 is 2.54 bits per heavy atom. The second-order valence-corrected chi connectivity index (χ2v) is 9.12. The van der Waals surface area contributed by atoms with E-state index in [1.165, 1.54) is 10.3 Å². The largest absolute Gasteiger partial charge is 0.494 e. The van der Waals surface area contributed by atoms with Crippen LogP contribution in [0.15, 0.2) is 12.1 Å². The van der Waals surface area contributed by atoms with Crippen molar-refractivity contribution in [3.63, 3.8) is 0 Å². The quantitative estimate of drug-likeness (QED) is 0.811. The number of carbonyl (C=O) groups excluding carboxylic acids is 1. The minimum absolute atomic E-state index is 0.219. The van der Waals surface area contributed by atoms with Crippen molar-refractivity contribution in [2.45, 2.75) is 46.6 Å². The Balaban J connectivity index is 1.73. The third-order valence-corrected chi connectivity index (χ3v) is 6.41. The van der Waals surface area contributed by atoms with Gasteiger partial charge in [-0.3, -0.25) is 4.79 Å². The van der Waals surface area contributed by atoms with Crippen LogP contribution in [-0.2, 0) is 4.79 Å². The maximum Gasteiger partial charge on any atom is 0.227 e. The smallest absolute Gasteiger partial charge is 0.227 e. The summed E-state index contributed by atoms with van der Waals surface area (Å²) in [7, 11) is 3.64. The minimum Gasteiger partial charge on any atom is -0.494 e. The molecule has 0 radical (unpaired) electrons. The Bertz CT molecular complexity index is 801. The molecule has 142 valence electrons. The molecule has 0 spiro atoms. The summed E-state index contributed by atoms with van der Waals surface area (Å²) >= 11 is 1.73. The maximum atomic E-state index is 12.5. The number of fused-ring (bicyclic) bond motifs is 1. The predicted octanol–water partition coefficient (Wildman–Crippen LogP) is 4.09. The molecule has 1 fully saturated rings. The van der Waals surface area contributed by atoms with E-state index in [1.54, 1.807) is 18.4 Å². The lowest BCUT2D eigenvalue weighted by atomic mass is 9.93. The molecule has 2 heterocycles. The predicted molar refractivity (Wildman–Crippen MR) is 108 cm³/mol. The van der Waals surface area contributed by atoms with Crippen LogP contribution >= 0.6 is 11.3 Å². The van der Waals surface area contributed by atoms with E-state index in [4.69, 9.17) is 9.72 Å². The van der Waals surface area contributed by atoms with E-state index in [0.717, 1.165) is 42.3 Å². The van der Waals surface area contributed by atoms with Gasteiger partial charge in [-0.05, 0) is 31.4 Å². The van der Waals surface area contributed by atoms with Crippen LogP contribution in [0.3, 0.4) is 0 Å². The maximum absolute atomic E-state index is 12.5. The first kappa shape index (κ1) is 19.0. The molecule has 5 nitrogen and oxygen atoms in total. The Labute approximate surface area is 160 Å². The number of methoxy groups -OCH3 is 1. The molecule has 1 amide bonds. The van der Waals surface area contributed by atoms with Crippen molar-refractivity contribution < 1.29 is 9.53 Å². The molecule has 1 aromatic carbocycles. The summed E-state index contributed by atoms with van der Waals surface area (Å²) in [5.74, 6) is 1.05. The standard InChI is InChI=1S/C20H29N3O2S/c1-13-7-8-15(25-6)16-17(13)26-19(21-16)23-11-9-14(10-12-23)22(5)18(24)20(2,3)4/h7-8,14H,9-12H2,1-6H3. The van der Waals surface area contributed by atoms with Gasteiger partial charge in [0.15, 0.2) is 5.13 Å². The summed E-state index contributed by atoms with van der Waals surface area (Å²) in [6, 6.07) is 4.38. The third kappa shape index (κ3) is 3.52. The molecule has 1 aromatic heterocycles. The van der Waals surface area contributed by atoms with Crippen LogP contribution in [0.25, 0.3) is 10.2 Å². The fraction of sp³-hybridized carbons (Fsp3) is 0.600. The topological polar surface area (TPSA) is 45.7 Å². The normalized spacial score (nSPS) is 16.2. The van der Waals surface area contributed by atoms with E-state index in [1.807, 2.05) is 38.8 Å². The number of anilines is 1. The molecule has 3 rings (SSSR count). The average molecular weight is 376 g/mol. The van der Waals surface area contributed by atoms with E-state index >= 15 is 0 Å². The van der Waals surface area contributed by atoms with Gasteiger partial charge in [-0.1, -0.05) is 38.2 Å². The fourth-order valence-corrected chi connectivity index (χ4v) is 4.64. The monoisotopic (exact) mass is 375 g/mol.